The summed E-state index contributed by atoms with van der Waals surface area (Å²) in [5, 5.41) is 5.52. The first kappa shape index (κ1) is 10.5. The molecule has 0 saturated carbocycles. The summed E-state index contributed by atoms with van der Waals surface area (Å²) in [6.45, 7) is 4.30. The molecule has 2 aromatic rings. The largest absolute Gasteiger partial charge is 0.397 e. The molecule has 0 aliphatic carbocycles. The van der Waals surface area contributed by atoms with Gasteiger partial charge in [0, 0.05) is 16.9 Å². The van der Waals surface area contributed by atoms with Crippen LogP contribution < -0.4 is 5.73 Å². The van der Waals surface area contributed by atoms with Gasteiger partial charge in [0.15, 0.2) is 0 Å². The Morgan fingerprint density at radius 1 is 1.40 bits per heavy atom. The fraction of sp³-hybridized carbons (Fsp3) is 0.364. The average Bonchev–Trinajstić information content (AvgIpc) is 2.49. The van der Waals surface area contributed by atoms with Gasteiger partial charge in [-0.3, -0.25) is 4.68 Å². The van der Waals surface area contributed by atoms with E-state index < -0.39 is 0 Å². The maximum atomic E-state index is 6.07. The zero-order valence-corrected chi connectivity index (χ0v) is 10.7. The maximum absolute atomic E-state index is 6.07. The molecule has 0 unspecified atom stereocenters. The average molecular weight is 268 g/mol. The minimum Gasteiger partial charge on any atom is -0.397 e. The van der Waals surface area contributed by atoms with Crippen LogP contribution in [0.1, 0.15) is 25.5 Å². The summed E-state index contributed by atoms with van der Waals surface area (Å²) in [4.78, 5) is 0. The Morgan fingerprint density at radius 3 is 2.67 bits per heavy atom. The van der Waals surface area contributed by atoms with Crippen molar-refractivity contribution < 1.29 is 0 Å². The van der Waals surface area contributed by atoms with E-state index in [1.165, 1.54) is 5.69 Å². The molecule has 0 radical (unpaired) electrons. The van der Waals surface area contributed by atoms with Gasteiger partial charge in [-0.1, -0.05) is 13.8 Å². The van der Waals surface area contributed by atoms with Crippen molar-refractivity contribution in [1.82, 2.24) is 9.78 Å². The topological polar surface area (TPSA) is 43.8 Å². The van der Waals surface area contributed by atoms with Crippen LogP contribution in [-0.2, 0) is 7.05 Å². The van der Waals surface area contributed by atoms with Gasteiger partial charge >= 0.3 is 0 Å². The molecule has 1 aromatic carbocycles. The van der Waals surface area contributed by atoms with Gasteiger partial charge in [0.25, 0.3) is 0 Å². The summed E-state index contributed by atoms with van der Waals surface area (Å²) >= 11 is 3.45. The second-order valence-electron chi connectivity index (χ2n) is 4.02. The number of aryl methyl sites for hydroxylation is 1. The van der Waals surface area contributed by atoms with E-state index in [0.717, 1.165) is 21.1 Å². The van der Waals surface area contributed by atoms with E-state index in [9.17, 15) is 0 Å². The van der Waals surface area contributed by atoms with Crippen molar-refractivity contribution in [3.05, 3.63) is 22.3 Å². The Hall–Kier alpha value is -1.03. The summed E-state index contributed by atoms with van der Waals surface area (Å²) < 4.78 is 2.85. The molecule has 4 heteroatoms. The van der Waals surface area contributed by atoms with Crippen molar-refractivity contribution in [1.29, 1.82) is 0 Å². The van der Waals surface area contributed by atoms with E-state index in [2.05, 4.69) is 34.9 Å². The Balaban J connectivity index is 2.90. The number of anilines is 1. The molecule has 0 atom stereocenters. The smallest absolute Gasteiger partial charge is 0.0947 e. The Bertz CT molecular complexity index is 514. The lowest BCUT2D eigenvalue weighted by Crippen LogP contribution is -2.00. The third-order valence-corrected chi connectivity index (χ3v) is 3.27. The van der Waals surface area contributed by atoms with Crippen LogP contribution in [0.4, 0.5) is 5.69 Å². The molecule has 15 heavy (non-hydrogen) atoms. The Kier molecular flexibility index (Phi) is 2.46. The predicted molar refractivity (Wildman–Crippen MR) is 66.9 cm³/mol. The molecule has 0 amide bonds. The van der Waals surface area contributed by atoms with Crippen LogP contribution in [0.25, 0.3) is 10.9 Å². The second kappa shape index (κ2) is 3.52. The zero-order valence-electron chi connectivity index (χ0n) is 9.08. The molecule has 1 aromatic heterocycles. The van der Waals surface area contributed by atoms with Gasteiger partial charge in [0.05, 0.1) is 16.9 Å². The molecular formula is C11H14BrN3. The highest BCUT2D eigenvalue weighted by molar-refractivity contribution is 9.10. The van der Waals surface area contributed by atoms with E-state index in [-0.39, 0.29) is 0 Å². The molecule has 80 valence electrons. The predicted octanol–water partition coefficient (Wildman–Crippen LogP) is 3.04. The number of nitrogen functional groups attached to an aromatic ring is 1. The third kappa shape index (κ3) is 1.53. The highest BCUT2D eigenvalue weighted by atomic mass is 79.9. The second-order valence-corrected chi connectivity index (χ2v) is 4.87. The fourth-order valence-electron chi connectivity index (χ4n) is 1.97. The minimum atomic E-state index is 0.414. The molecule has 0 spiro atoms. The summed E-state index contributed by atoms with van der Waals surface area (Å²) in [5.74, 6) is 0.414. The molecule has 0 bridgehead atoms. The van der Waals surface area contributed by atoms with Crippen molar-refractivity contribution in [3.63, 3.8) is 0 Å². The van der Waals surface area contributed by atoms with Crippen molar-refractivity contribution in [2.75, 3.05) is 5.73 Å². The SMILES string of the molecule is CC(C)c1c2c(N)c(Br)ccc2nn1C. The number of halogens is 1. The van der Waals surface area contributed by atoms with Gasteiger partial charge in [-0.05, 0) is 34.0 Å². The van der Waals surface area contributed by atoms with Gasteiger partial charge in [-0.25, -0.2) is 0 Å². The third-order valence-electron chi connectivity index (χ3n) is 2.58. The molecule has 2 rings (SSSR count). The number of aromatic nitrogens is 2. The van der Waals surface area contributed by atoms with E-state index in [0.29, 0.717) is 5.92 Å². The van der Waals surface area contributed by atoms with Crippen molar-refractivity contribution in [2.45, 2.75) is 19.8 Å². The first-order valence-corrected chi connectivity index (χ1v) is 5.72. The molecule has 0 aliphatic heterocycles. The monoisotopic (exact) mass is 267 g/mol. The highest BCUT2D eigenvalue weighted by Crippen LogP contribution is 2.33. The maximum Gasteiger partial charge on any atom is 0.0947 e. The van der Waals surface area contributed by atoms with Crippen LogP contribution in [0.2, 0.25) is 0 Å². The number of hydrogen-bond acceptors (Lipinski definition) is 2. The van der Waals surface area contributed by atoms with Crippen molar-refractivity contribution in [2.24, 2.45) is 7.05 Å². The summed E-state index contributed by atoms with van der Waals surface area (Å²) in [7, 11) is 1.96. The van der Waals surface area contributed by atoms with Gasteiger partial charge in [0.2, 0.25) is 0 Å². The lowest BCUT2D eigenvalue weighted by Gasteiger charge is -2.07. The molecule has 2 N–H and O–H groups in total. The van der Waals surface area contributed by atoms with Gasteiger partial charge in [-0.15, -0.1) is 0 Å². The van der Waals surface area contributed by atoms with E-state index in [1.54, 1.807) is 0 Å². The quantitative estimate of drug-likeness (QED) is 0.808. The van der Waals surface area contributed by atoms with Crippen LogP contribution >= 0.6 is 15.9 Å². The Morgan fingerprint density at radius 2 is 2.07 bits per heavy atom. The zero-order chi connectivity index (χ0) is 11.2. The van der Waals surface area contributed by atoms with Gasteiger partial charge in [0.1, 0.15) is 0 Å². The van der Waals surface area contributed by atoms with E-state index >= 15 is 0 Å². The standard InChI is InChI=1S/C11H14BrN3/c1-6(2)11-9-8(14-15(11)3)5-4-7(12)10(9)13/h4-6H,13H2,1-3H3. The normalized spacial score (nSPS) is 11.5. The molecule has 0 aliphatic rings. The summed E-state index contributed by atoms with van der Waals surface area (Å²) in [5.41, 5.74) is 9.00. The number of hydrogen-bond donors (Lipinski definition) is 1. The first-order chi connectivity index (χ1) is 7.02. The van der Waals surface area contributed by atoms with Crippen LogP contribution in [0.15, 0.2) is 16.6 Å². The fourth-order valence-corrected chi connectivity index (χ4v) is 2.31. The van der Waals surface area contributed by atoms with Crippen molar-refractivity contribution in [3.8, 4) is 0 Å². The lowest BCUT2D eigenvalue weighted by atomic mass is 10.0. The van der Waals surface area contributed by atoms with Gasteiger partial charge in [-0.2, -0.15) is 5.10 Å². The van der Waals surface area contributed by atoms with Crippen LogP contribution in [-0.4, -0.2) is 9.78 Å². The molecule has 1 heterocycles. The highest BCUT2D eigenvalue weighted by Gasteiger charge is 2.15. The minimum absolute atomic E-state index is 0.414. The number of rotatable bonds is 1. The number of fused-ring (bicyclic) bond motifs is 1. The number of benzene rings is 1. The molecule has 0 saturated heterocycles. The number of nitrogens with zero attached hydrogens (tertiary/aromatic N) is 2. The first-order valence-electron chi connectivity index (χ1n) is 4.93. The molecular weight excluding hydrogens is 254 g/mol. The summed E-state index contributed by atoms with van der Waals surface area (Å²) in [6, 6.07) is 3.93. The summed E-state index contributed by atoms with van der Waals surface area (Å²) in [6.07, 6.45) is 0. The van der Waals surface area contributed by atoms with Crippen LogP contribution in [0.5, 0.6) is 0 Å². The lowest BCUT2D eigenvalue weighted by molar-refractivity contribution is 0.677. The molecule has 0 fully saturated rings. The van der Waals surface area contributed by atoms with Crippen LogP contribution in [0.3, 0.4) is 0 Å². The van der Waals surface area contributed by atoms with E-state index in [4.69, 9.17) is 5.73 Å². The van der Waals surface area contributed by atoms with E-state index in [1.807, 2.05) is 23.9 Å². The molecule has 3 nitrogen and oxygen atoms in total. The van der Waals surface area contributed by atoms with Crippen molar-refractivity contribution >= 4 is 32.5 Å². The number of nitrogens with two attached hydrogens (primary N) is 1. The Labute approximate surface area is 97.4 Å². The van der Waals surface area contributed by atoms with Gasteiger partial charge < -0.3 is 5.73 Å². The van der Waals surface area contributed by atoms with Crippen LogP contribution in [0, 0.1) is 0 Å².